The highest BCUT2D eigenvalue weighted by Gasteiger charge is 2.05. The fourth-order valence-corrected chi connectivity index (χ4v) is 3.15. The van der Waals surface area contributed by atoms with E-state index >= 15 is 0 Å². The van der Waals surface area contributed by atoms with Gasteiger partial charge in [0.2, 0.25) is 0 Å². The molecule has 0 bridgehead atoms. The molecule has 1 atom stereocenters. The monoisotopic (exact) mass is 324 g/mol. The third-order valence-corrected chi connectivity index (χ3v) is 4.49. The first-order chi connectivity index (χ1) is 8.65. The molecule has 2 aromatic rings. The maximum absolute atomic E-state index is 6.15. The highest BCUT2D eigenvalue weighted by atomic mass is 79.9. The molecule has 1 unspecified atom stereocenters. The molecule has 1 aromatic carbocycles. The molecule has 0 radical (unpaired) electrons. The molecule has 0 aliphatic carbocycles. The lowest BCUT2D eigenvalue weighted by atomic mass is 10.1. The molecule has 0 fully saturated rings. The summed E-state index contributed by atoms with van der Waals surface area (Å²) < 4.78 is 1.15. The summed E-state index contributed by atoms with van der Waals surface area (Å²) >= 11 is 5.20. The summed E-state index contributed by atoms with van der Waals surface area (Å²) in [5.74, 6) is 0. The van der Waals surface area contributed by atoms with E-state index in [1.54, 1.807) is 11.3 Å². The number of rotatable bonds is 5. The van der Waals surface area contributed by atoms with E-state index in [1.165, 1.54) is 16.0 Å². The fourth-order valence-electron chi connectivity index (χ4n) is 1.73. The third-order valence-electron chi connectivity index (χ3n) is 2.79. The predicted molar refractivity (Wildman–Crippen MR) is 81.8 cm³/mol. The minimum Gasteiger partial charge on any atom is -0.323 e. The first-order valence-electron chi connectivity index (χ1n) is 5.91. The van der Waals surface area contributed by atoms with Crippen LogP contribution in [0.3, 0.4) is 0 Å². The van der Waals surface area contributed by atoms with Gasteiger partial charge in [0, 0.05) is 33.9 Å². The van der Waals surface area contributed by atoms with E-state index in [4.69, 9.17) is 5.73 Å². The van der Waals surface area contributed by atoms with Gasteiger partial charge in [-0.2, -0.15) is 0 Å². The molecule has 18 heavy (non-hydrogen) atoms. The predicted octanol–water partition coefficient (Wildman–Crippen LogP) is 3.61. The zero-order valence-corrected chi connectivity index (χ0v) is 12.7. The summed E-state index contributed by atoms with van der Waals surface area (Å²) in [7, 11) is 0. The van der Waals surface area contributed by atoms with E-state index in [-0.39, 0.29) is 6.04 Å². The Labute approximate surface area is 120 Å². The quantitative estimate of drug-likeness (QED) is 0.881. The zero-order valence-electron chi connectivity index (χ0n) is 10.3. The number of nitrogens with one attached hydrogen (secondary N) is 1. The first kappa shape index (κ1) is 13.7. The molecule has 1 heterocycles. The Balaban J connectivity index is 1.81. The molecule has 2 rings (SSSR count). The van der Waals surface area contributed by atoms with Gasteiger partial charge in [-0.05, 0) is 34.5 Å². The molecule has 0 aliphatic heterocycles. The Hall–Kier alpha value is -0.680. The van der Waals surface area contributed by atoms with Crippen LogP contribution in [-0.4, -0.2) is 6.54 Å². The molecule has 96 valence electrons. The molecule has 0 aliphatic rings. The first-order valence-corrected chi connectivity index (χ1v) is 7.58. The molecule has 4 heteroatoms. The molecule has 0 saturated carbocycles. The number of halogens is 1. The van der Waals surface area contributed by atoms with Crippen molar-refractivity contribution in [2.75, 3.05) is 6.54 Å². The lowest BCUT2D eigenvalue weighted by Gasteiger charge is -2.13. The van der Waals surface area contributed by atoms with Crippen LogP contribution in [-0.2, 0) is 6.54 Å². The van der Waals surface area contributed by atoms with Gasteiger partial charge in [-0.3, -0.25) is 0 Å². The van der Waals surface area contributed by atoms with E-state index in [1.807, 2.05) is 0 Å². The van der Waals surface area contributed by atoms with E-state index < -0.39 is 0 Å². The average molecular weight is 325 g/mol. The number of aryl methyl sites for hydroxylation is 1. The molecule has 3 N–H and O–H groups in total. The Morgan fingerprint density at radius 3 is 2.67 bits per heavy atom. The van der Waals surface area contributed by atoms with Crippen molar-refractivity contribution in [1.29, 1.82) is 0 Å². The number of hydrogen-bond donors (Lipinski definition) is 2. The average Bonchev–Trinajstić information content (AvgIpc) is 2.76. The number of nitrogens with two attached hydrogens (primary N) is 1. The Bertz CT molecular complexity index is 493. The van der Waals surface area contributed by atoms with E-state index in [0.29, 0.717) is 0 Å². The van der Waals surface area contributed by atoms with E-state index in [0.717, 1.165) is 17.6 Å². The van der Waals surface area contributed by atoms with E-state index in [9.17, 15) is 0 Å². The summed E-state index contributed by atoms with van der Waals surface area (Å²) in [6.45, 7) is 3.75. The van der Waals surface area contributed by atoms with Gasteiger partial charge in [0.05, 0.1) is 0 Å². The second-order valence-corrected chi connectivity index (χ2v) is 6.29. The van der Waals surface area contributed by atoms with Gasteiger partial charge in [0.25, 0.3) is 0 Å². The van der Waals surface area contributed by atoms with Crippen LogP contribution in [0.2, 0.25) is 0 Å². The summed E-state index contributed by atoms with van der Waals surface area (Å²) in [5.41, 5.74) is 8.59. The van der Waals surface area contributed by atoms with Crippen molar-refractivity contribution in [2.45, 2.75) is 19.5 Å². The van der Waals surface area contributed by atoms with Gasteiger partial charge in [0.15, 0.2) is 0 Å². The van der Waals surface area contributed by atoms with Crippen LogP contribution >= 0.6 is 27.3 Å². The van der Waals surface area contributed by atoms with Crippen molar-refractivity contribution in [2.24, 2.45) is 5.73 Å². The minimum absolute atomic E-state index is 0.0500. The van der Waals surface area contributed by atoms with Crippen LogP contribution < -0.4 is 11.1 Å². The van der Waals surface area contributed by atoms with Crippen molar-refractivity contribution in [1.82, 2.24) is 5.32 Å². The van der Waals surface area contributed by atoms with Crippen molar-refractivity contribution in [3.8, 4) is 0 Å². The van der Waals surface area contributed by atoms with Crippen LogP contribution in [0.25, 0.3) is 0 Å². The highest BCUT2D eigenvalue weighted by Crippen LogP contribution is 2.19. The highest BCUT2D eigenvalue weighted by molar-refractivity contribution is 9.10. The second-order valence-electron chi connectivity index (χ2n) is 4.38. The molecule has 0 saturated heterocycles. The molecule has 0 spiro atoms. The van der Waals surface area contributed by atoms with Crippen LogP contribution in [0, 0.1) is 6.92 Å². The largest absolute Gasteiger partial charge is 0.323 e. The van der Waals surface area contributed by atoms with Crippen molar-refractivity contribution in [3.63, 3.8) is 0 Å². The Morgan fingerprint density at radius 1 is 1.33 bits per heavy atom. The maximum atomic E-state index is 6.15. The third kappa shape index (κ3) is 3.92. The smallest absolute Gasteiger partial charge is 0.0421 e. The Morgan fingerprint density at radius 2 is 2.06 bits per heavy atom. The van der Waals surface area contributed by atoms with E-state index in [2.05, 4.69) is 63.9 Å². The van der Waals surface area contributed by atoms with Gasteiger partial charge in [-0.1, -0.05) is 29.8 Å². The van der Waals surface area contributed by atoms with Gasteiger partial charge in [0.1, 0.15) is 0 Å². The fraction of sp³-hybridized carbons (Fsp3) is 0.286. The number of benzene rings is 1. The van der Waals surface area contributed by atoms with Gasteiger partial charge < -0.3 is 11.1 Å². The number of thiophene rings is 1. The van der Waals surface area contributed by atoms with Crippen molar-refractivity contribution < 1.29 is 0 Å². The summed E-state index contributed by atoms with van der Waals surface area (Å²) in [4.78, 5) is 1.32. The topological polar surface area (TPSA) is 38.0 Å². The minimum atomic E-state index is 0.0500. The second kappa shape index (κ2) is 6.48. The van der Waals surface area contributed by atoms with Crippen molar-refractivity contribution in [3.05, 3.63) is 56.2 Å². The summed E-state index contributed by atoms with van der Waals surface area (Å²) in [5, 5.41) is 5.49. The van der Waals surface area contributed by atoms with Crippen LogP contribution in [0.1, 0.15) is 22.0 Å². The van der Waals surface area contributed by atoms with Crippen LogP contribution in [0.15, 0.2) is 40.2 Å². The summed E-state index contributed by atoms with van der Waals surface area (Å²) in [6.07, 6.45) is 0. The molecule has 2 nitrogen and oxygen atoms in total. The normalized spacial score (nSPS) is 12.6. The lowest BCUT2D eigenvalue weighted by Crippen LogP contribution is -2.26. The SMILES string of the molecule is Cc1ccc(C(N)CNCc2cc(Br)cs2)cc1. The van der Waals surface area contributed by atoms with Crippen LogP contribution in [0.4, 0.5) is 0 Å². The molecular weight excluding hydrogens is 308 g/mol. The van der Waals surface area contributed by atoms with Crippen LogP contribution in [0.5, 0.6) is 0 Å². The van der Waals surface area contributed by atoms with Crippen molar-refractivity contribution >= 4 is 27.3 Å². The molecule has 0 amide bonds. The summed E-state index contributed by atoms with van der Waals surface area (Å²) in [6, 6.07) is 10.6. The Kier molecular flexibility index (Phi) is 4.95. The molecular formula is C14H17BrN2S. The number of hydrogen-bond acceptors (Lipinski definition) is 3. The standard InChI is InChI=1S/C14H17BrN2S/c1-10-2-4-11(5-3-10)14(16)8-17-7-13-6-12(15)9-18-13/h2-6,9,14,17H,7-8,16H2,1H3. The zero-order chi connectivity index (χ0) is 13.0. The maximum Gasteiger partial charge on any atom is 0.0421 e. The van der Waals surface area contributed by atoms with Gasteiger partial charge in [-0.15, -0.1) is 11.3 Å². The molecule has 1 aromatic heterocycles. The lowest BCUT2D eigenvalue weighted by molar-refractivity contribution is 0.601. The van der Waals surface area contributed by atoms with Gasteiger partial charge >= 0.3 is 0 Å². The van der Waals surface area contributed by atoms with Gasteiger partial charge in [-0.25, -0.2) is 0 Å².